The maximum absolute atomic E-state index is 10.9. The second-order valence-electron chi connectivity index (χ2n) is 2.53. The van der Waals surface area contributed by atoms with Crippen molar-refractivity contribution in [2.45, 2.75) is 6.92 Å². The highest BCUT2D eigenvalue weighted by atomic mass is 16.6. The zero-order valence-corrected chi connectivity index (χ0v) is 7.04. The lowest BCUT2D eigenvalue weighted by atomic mass is 10.3. The van der Waals surface area contributed by atoms with Gasteiger partial charge in [-0.15, -0.1) is 0 Å². The van der Waals surface area contributed by atoms with E-state index in [2.05, 4.69) is 0 Å². The van der Waals surface area contributed by atoms with E-state index in [0.29, 0.717) is 6.20 Å². The first-order valence-corrected chi connectivity index (χ1v) is 3.46. The normalized spacial score (nSPS) is 9.79. The van der Waals surface area contributed by atoms with Crippen molar-refractivity contribution in [1.82, 2.24) is 0 Å². The highest BCUT2D eigenvalue weighted by molar-refractivity contribution is 5.49. The molecule has 8 nitrogen and oxygen atoms in total. The summed E-state index contributed by atoms with van der Waals surface area (Å²) in [6, 6.07) is 0.866. The number of hydrogen-bond acceptors (Lipinski definition) is 5. The second-order valence-corrected chi connectivity index (χ2v) is 2.53. The molecule has 0 aliphatic rings. The molecule has 0 spiro atoms. The predicted octanol–water partition coefficient (Wildman–Crippen LogP) is 0.445. The van der Waals surface area contributed by atoms with Crippen molar-refractivity contribution in [1.29, 1.82) is 0 Å². The highest BCUT2D eigenvalue weighted by Gasteiger charge is 2.29. The molecule has 1 heterocycles. The molecule has 0 aromatic carbocycles. The van der Waals surface area contributed by atoms with Crippen LogP contribution in [0.5, 0.6) is 0 Å². The first-order valence-electron chi connectivity index (χ1n) is 3.46. The zero-order valence-electron chi connectivity index (χ0n) is 7.04. The number of nitrogens with zero attached hydrogens (tertiary/aromatic N) is 3. The van der Waals surface area contributed by atoms with Gasteiger partial charge in [-0.1, -0.05) is 0 Å². The number of hydrogen-bond donors (Lipinski definition) is 0. The van der Waals surface area contributed by atoms with Crippen LogP contribution in [0.15, 0.2) is 12.3 Å². The van der Waals surface area contributed by atoms with Crippen molar-refractivity contribution in [3.8, 4) is 0 Å². The summed E-state index contributed by atoms with van der Waals surface area (Å²) in [6.45, 7) is 1.32. The van der Waals surface area contributed by atoms with Crippen LogP contribution in [-0.2, 0) is 0 Å². The summed E-state index contributed by atoms with van der Waals surface area (Å²) in [5, 5.41) is 31.6. The number of aromatic nitrogens is 1. The maximum Gasteiger partial charge on any atom is 0.410 e. The number of nitro groups is 2. The Morgan fingerprint density at radius 3 is 2.14 bits per heavy atom. The summed E-state index contributed by atoms with van der Waals surface area (Å²) < 4.78 is 0.213. The quantitative estimate of drug-likeness (QED) is 0.297. The van der Waals surface area contributed by atoms with Gasteiger partial charge >= 0.3 is 11.4 Å². The molecule has 1 aromatic heterocycles. The molecular weight excluding hydrogens is 194 g/mol. The van der Waals surface area contributed by atoms with E-state index in [-0.39, 0.29) is 10.4 Å². The standard InChI is InChI=1S/C6H5N3O5/c1-4-2-5(8(11)12)6(9(13)14)3-7(4)10/h2-3H,1H3. The van der Waals surface area contributed by atoms with Gasteiger partial charge in [0.05, 0.1) is 15.9 Å². The summed E-state index contributed by atoms with van der Waals surface area (Å²) in [5.41, 5.74) is -1.46. The molecule has 0 aliphatic carbocycles. The minimum Gasteiger partial charge on any atom is -0.618 e. The van der Waals surface area contributed by atoms with E-state index >= 15 is 0 Å². The smallest absolute Gasteiger partial charge is 0.410 e. The van der Waals surface area contributed by atoms with Crippen LogP contribution in [0.2, 0.25) is 0 Å². The summed E-state index contributed by atoms with van der Waals surface area (Å²) >= 11 is 0. The van der Waals surface area contributed by atoms with Crippen LogP contribution in [0.25, 0.3) is 0 Å². The van der Waals surface area contributed by atoms with Gasteiger partial charge in [-0.05, 0) is 0 Å². The third-order valence-corrected chi connectivity index (χ3v) is 1.59. The molecule has 0 saturated carbocycles. The van der Waals surface area contributed by atoms with Crippen molar-refractivity contribution in [3.63, 3.8) is 0 Å². The Labute approximate surface area is 77.3 Å². The van der Waals surface area contributed by atoms with E-state index in [1.165, 1.54) is 6.92 Å². The Morgan fingerprint density at radius 2 is 1.71 bits per heavy atom. The topological polar surface area (TPSA) is 113 Å². The molecule has 0 saturated heterocycles. The fourth-order valence-electron chi connectivity index (χ4n) is 0.901. The average Bonchev–Trinajstić information content (AvgIpc) is 2.08. The Balaban J connectivity index is 3.46. The first kappa shape index (κ1) is 9.84. The maximum atomic E-state index is 10.9. The number of aryl methyl sites for hydroxylation is 1. The molecule has 0 fully saturated rings. The summed E-state index contributed by atoms with van der Waals surface area (Å²) in [4.78, 5) is 18.9. The SMILES string of the molecule is Cc1cc([N+](=O)[O-])c([N+](=O)[O-])c[n+]1[O-]. The number of rotatable bonds is 2. The summed E-state index contributed by atoms with van der Waals surface area (Å²) in [7, 11) is 0. The predicted molar refractivity (Wildman–Crippen MR) is 43.4 cm³/mol. The third kappa shape index (κ3) is 1.58. The molecule has 1 rings (SSSR count). The second kappa shape index (κ2) is 3.24. The third-order valence-electron chi connectivity index (χ3n) is 1.59. The van der Waals surface area contributed by atoms with Gasteiger partial charge in [0.2, 0.25) is 0 Å². The van der Waals surface area contributed by atoms with Crippen molar-refractivity contribution < 1.29 is 14.6 Å². The molecule has 8 heteroatoms. The fraction of sp³-hybridized carbons (Fsp3) is 0.167. The fourth-order valence-corrected chi connectivity index (χ4v) is 0.901. The van der Waals surface area contributed by atoms with Gasteiger partial charge < -0.3 is 5.21 Å². The Kier molecular flexibility index (Phi) is 2.28. The largest absolute Gasteiger partial charge is 0.618 e. The molecule has 0 unspecified atom stereocenters. The van der Waals surface area contributed by atoms with E-state index < -0.39 is 21.2 Å². The summed E-state index contributed by atoms with van der Waals surface area (Å²) in [5.74, 6) is 0. The minimum atomic E-state index is -0.966. The molecule has 0 aliphatic heterocycles. The minimum absolute atomic E-state index is 0.0299. The lowest BCUT2D eigenvalue weighted by Crippen LogP contribution is -2.30. The van der Waals surface area contributed by atoms with E-state index in [1.54, 1.807) is 0 Å². The van der Waals surface area contributed by atoms with Crippen LogP contribution in [0.4, 0.5) is 11.4 Å². The van der Waals surface area contributed by atoms with Crippen LogP contribution >= 0.6 is 0 Å². The van der Waals surface area contributed by atoms with Gasteiger partial charge in [0.1, 0.15) is 0 Å². The van der Waals surface area contributed by atoms with Crippen LogP contribution in [0, 0.1) is 32.4 Å². The molecule has 14 heavy (non-hydrogen) atoms. The Hall–Kier alpha value is -2.25. The van der Waals surface area contributed by atoms with Crippen molar-refractivity contribution >= 4 is 11.4 Å². The van der Waals surface area contributed by atoms with Crippen LogP contribution in [0.3, 0.4) is 0 Å². The number of pyridine rings is 1. The zero-order chi connectivity index (χ0) is 10.9. The lowest BCUT2D eigenvalue weighted by molar-refractivity contribution is -0.617. The molecule has 74 valence electrons. The molecule has 1 aromatic rings. The molecule has 0 radical (unpaired) electrons. The molecule has 0 amide bonds. The van der Waals surface area contributed by atoms with Crippen LogP contribution < -0.4 is 4.73 Å². The lowest BCUT2D eigenvalue weighted by Gasteiger charge is -1.99. The van der Waals surface area contributed by atoms with Crippen molar-refractivity contribution in [3.05, 3.63) is 43.4 Å². The summed E-state index contributed by atoms with van der Waals surface area (Å²) in [6.07, 6.45) is 0.577. The van der Waals surface area contributed by atoms with E-state index in [0.717, 1.165) is 6.07 Å². The van der Waals surface area contributed by atoms with Crippen LogP contribution in [-0.4, -0.2) is 9.85 Å². The van der Waals surface area contributed by atoms with E-state index in [1.807, 2.05) is 0 Å². The van der Waals surface area contributed by atoms with E-state index in [9.17, 15) is 25.4 Å². The highest BCUT2D eigenvalue weighted by Crippen LogP contribution is 2.24. The molecule has 0 bridgehead atoms. The van der Waals surface area contributed by atoms with Crippen molar-refractivity contribution in [2.75, 3.05) is 0 Å². The Bertz CT molecular complexity index is 377. The van der Waals surface area contributed by atoms with Gasteiger partial charge in [0.25, 0.3) is 6.20 Å². The van der Waals surface area contributed by atoms with E-state index in [4.69, 9.17) is 0 Å². The van der Waals surface area contributed by atoms with Gasteiger partial charge in [-0.3, -0.25) is 20.2 Å². The monoisotopic (exact) mass is 199 g/mol. The average molecular weight is 199 g/mol. The molecule has 0 N–H and O–H groups in total. The van der Waals surface area contributed by atoms with Gasteiger partial charge in [-0.2, -0.15) is 4.73 Å². The van der Waals surface area contributed by atoms with Gasteiger partial charge in [0, 0.05) is 6.92 Å². The first-order chi connectivity index (χ1) is 6.43. The molecule has 0 atom stereocenters. The molecular formula is C6H5N3O5. The van der Waals surface area contributed by atoms with Gasteiger partial charge in [-0.25, -0.2) is 0 Å². The Morgan fingerprint density at radius 1 is 1.21 bits per heavy atom. The van der Waals surface area contributed by atoms with Crippen molar-refractivity contribution in [2.24, 2.45) is 0 Å². The van der Waals surface area contributed by atoms with Gasteiger partial charge in [0.15, 0.2) is 5.69 Å². The van der Waals surface area contributed by atoms with Crippen LogP contribution in [0.1, 0.15) is 5.69 Å².